The molecule has 5 heteroatoms. The predicted octanol–water partition coefficient (Wildman–Crippen LogP) is 4.10. The largest absolute Gasteiger partial charge is 0.493 e. The van der Waals surface area contributed by atoms with Gasteiger partial charge in [-0.05, 0) is 49.8 Å². The Labute approximate surface area is 111 Å². The number of hydrogen-bond acceptors (Lipinski definition) is 2. The molecule has 0 bridgehead atoms. The van der Waals surface area contributed by atoms with E-state index in [1.54, 1.807) is 20.0 Å². The molecule has 0 aromatic heterocycles. The van der Waals surface area contributed by atoms with Crippen molar-refractivity contribution in [2.24, 2.45) is 5.92 Å². The zero-order chi connectivity index (χ0) is 14.0. The molecule has 1 fully saturated rings. The average molecular weight is 273 g/mol. The first-order valence-corrected chi connectivity index (χ1v) is 6.50. The van der Waals surface area contributed by atoms with Crippen LogP contribution in [0.5, 0.6) is 5.75 Å². The normalized spacial score (nSPS) is 15.4. The van der Waals surface area contributed by atoms with Crippen LogP contribution in [0.3, 0.4) is 0 Å². The van der Waals surface area contributed by atoms with E-state index in [1.807, 2.05) is 0 Å². The van der Waals surface area contributed by atoms with Crippen LogP contribution in [0.2, 0.25) is 0 Å². The zero-order valence-electron chi connectivity index (χ0n) is 11.1. The molecule has 0 radical (unpaired) electrons. The van der Waals surface area contributed by atoms with E-state index in [-0.39, 0.29) is 12.4 Å². The van der Waals surface area contributed by atoms with Crippen LogP contribution in [0.1, 0.15) is 30.9 Å². The molecule has 0 spiro atoms. The molecule has 0 aliphatic heterocycles. The molecule has 0 heterocycles. The Hall–Kier alpha value is -1.39. The third-order valence-electron chi connectivity index (χ3n) is 3.25. The van der Waals surface area contributed by atoms with Gasteiger partial charge >= 0.3 is 6.18 Å². The molecule has 1 saturated carbocycles. The lowest BCUT2D eigenvalue weighted by Gasteiger charge is -2.19. The molecule has 0 unspecified atom stereocenters. The summed E-state index contributed by atoms with van der Waals surface area (Å²) < 4.78 is 44.6. The molecule has 106 valence electrons. The van der Waals surface area contributed by atoms with Gasteiger partial charge < -0.3 is 10.1 Å². The van der Waals surface area contributed by atoms with Gasteiger partial charge in [-0.15, -0.1) is 0 Å². The second kappa shape index (κ2) is 5.31. The molecular formula is C14H18F3NO. The van der Waals surface area contributed by atoms with Gasteiger partial charge in [0.05, 0.1) is 12.2 Å². The topological polar surface area (TPSA) is 21.3 Å². The van der Waals surface area contributed by atoms with Crippen LogP contribution >= 0.6 is 0 Å². The molecule has 2 rings (SSSR count). The smallest absolute Gasteiger partial charge is 0.420 e. The monoisotopic (exact) mass is 273 g/mol. The molecule has 1 aromatic rings. The summed E-state index contributed by atoms with van der Waals surface area (Å²) in [7, 11) is 1.62. The minimum atomic E-state index is -4.39. The summed E-state index contributed by atoms with van der Waals surface area (Å²) in [6.07, 6.45) is -1.54. The first-order valence-electron chi connectivity index (χ1n) is 6.50. The van der Waals surface area contributed by atoms with E-state index in [2.05, 4.69) is 5.32 Å². The highest BCUT2D eigenvalue weighted by Crippen LogP contribution is 2.43. The second-order valence-electron chi connectivity index (χ2n) is 4.84. The zero-order valence-corrected chi connectivity index (χ0v) is 11.1. The van der Waals surface area contributed by atoms with Crippen molar-refractivity contribution in [1.29, 1.82) is 0 Å². The molecule has 1 aliphatic rings. The van der Waals surface area contributed by atoms with Crippen LogP contribution in [-0.4, -0.2) is 13.7 Å². The Bertz CT molecular complexity index is 453. The number of ether oxygens (including phenoxy) is 1. The van der Waals surface area contributed by atoms with Gasteiger partial charge in [0.25, 0.3) is 0 Å². The lowest BCUT2D eigenvalue weighted by molar-refractivity contribution is -0.138. The lowest BCUT2D eigenvalue weighted by Crippen LogP contribution is -2.12. The van der Waals surface area contributed by atoms with Crippen molar-refractivity contribution in [3.63, 3.8) is 0 Å². The van der Waals surface area contributed by atoms with Crippen LogP contribution in [0.25, 0.3) is 0 Å². The van der Waals surface area contributed by atoms with E-state index >= 15 is 0 Å². The van der Waals surface area contributed by atoms with Crippen molar-refractivity contribution in [2.75, 3.05) is 19.0 Å². The molecular weight excluding hydrogens is 255 g/mol. The van der Waals surface area contributed by atoms with E-state index in [1.165, 1.54) is 0 Å². The van der Waals surface area contributed by atoms with Crippen molar-refractivity contribution in [3.8, 4) is 5.75 Å². The number of alkyl halides is 3. The van der Waals surface area contributed by atoms with Gasteiger partial charge in [0.15, 0.2) is 0 Å². The molecule has 19 heavy (non-hydrogen) atoms. The van der Waals surface area contributed by atoms with Gasteiger partial charge in [0.1, 0.15) is 5.75 Å². The molecule has 0 amide bonds. The number of nitrogens with one attached hydrogen (secondary N) is 1. The summed E-state index contributed by atoms with van der Waals surface area (Å²) in [6.45, 7) is 1.94. The molecule has 2 nitrogen and oxygen atoms in total. The summed E-state index contributed by atoms with van der Waals surface area (Å²) in [5.41, 5.74) is 0.451. The fourth-order valence-electron chi connectivity index (χ4n) is 2.14. The van der Waals surface area contributed by atoms with E-state index in [4.69, 9.17) is 4.74 Å². The van der Waals surface area contributed by atoms with Gasteiger partial charge in [0, 0.05) is 12.7 Å². The summed E-state index contributed by atoms with van der Waals surface area (Å²) in [6, 6.07) is 2.87. The fourth-order valence-corrected chi connectivity index (χ4v) is 2.14. The standard InChI is InChI=1S/C14H18F3NO/c1-3-19-13-10(6-9-4-5-9)7-11(18-2)8-12(13)14(15,16)17/h7-9,18H,3-6H2,1-2H3. The maximum atomic E-state index is 13.1. The molecule has 1 aliphatic carbocycles. The highest BCUT2D eigenvalue weighted by Gasteiger charge is 2.37. The number of halogens is 3. The van der Waals surface area contributed by atoms with E-state index in [0.717, 1.165) is 18.9 Å². The van der Waals surface area contributed by atoms with Gasteiger partial charge in [-0.1, -0.05) is 0 Å². The van der Waals surface area contributed by atoms with Crippen molar-refractivity contribution >= 4 is 5.69 Å². The summed E-state index contributed by atoms with van der Waals surface area (Å²) >= 11 is 0. The Morgan fingerprint density at radius 1 is 1.32 bits per heavy atom. The third-order valence-corrected chi connectivity index (χ3v) is 3.25. The van der Waals surface area contributed by atoms with Crippen molar-refractivity contribution in [2.45, 2.75) is 32.4 Å². The van der Waals surface area contributed by atoms with Gasteiger partial charge in [-0.3, -0.25) is 0 Å². The molecule has 1 N–H and O–H groups in total. The quantitative estimate of drug-likeness (QED) is 0.872. The first kappa shape index (κ1) is 14.0. The third kappa shape index (κ3) is 3.33. The Balaban J connectivity index is 2.47. The fraction of sp³-hybridized carbons (Fsp3) is 0.571. The maximum Gasteiger partial charge on any atom is 0.420 e. The van der Waals surface area contributed by atoms with Crippen LogP contribution < -0.4 is 10.1 Å². The van der Waals surface area contributed by atoms with Crippen LogP contribution in [0.4, 0.5) is 18.9 Å². The minimum Gasteiger partial charge on any atom is -0.493 e. The lowest BCUT2D eigenvalue weighted by atomic mass is 10.0. The van der Waals surface area contributed by atoms with Crippen LogP contribution in [0, 0.1) is 5.92 Å². The Kier molecular flexibility index (Phi) is 3.92. The summed E-state index contributed by atoms with van der Waals surface area (Å²) in [5.74, 6) is 0.508. The number of rotatable bonds is 5. The van der Waals surface area contributed by atoms with Crippen molar-refractivity contribution in [1.82, 2.24) is 0 Å². The van der Waals surface area contributed by atoms with E-state index in [0.29, 0.717) is 23.6 Å². The van der Waals surface area contributed by atoms with Crippen LogP contribution in [0.15, 0.2) is 12.1 Å². The minimum absolute atomic E-state index is 0.000833. The highest BCUT2D eigenvalue weighted by molar-refractivity contribution is 5.57. The Morgan fingerprint density at radius 2 is 2.00 bits per heavy atom. The maximum absolute atomic E-state index is 13.1. The van der Waals surface area contributed by atoms with Crippen molar-refractivity contribution in [3.05, 3.63) is 23.3 Å². The average Bonchev–Trinajstić information content (AvgIpc) is 3.13. The predicted molar refractivity (Wildman–Crippen MR) is 68.6 cm³/mol. The first-order chi connectivity index (χ1) is 8.95. The highest BCUT2D eigenvalue weighted by atomic mass is 19.4. The van der Waals surface area contributed by atoms with E-state index < -0.39 is 11.7 Å². The summed E-state index contributed by atoms with van der Waals surface area (Å²) in [4.78, 5) is 0. The van der Waals surface area contributed by atoms with Crippen LogP contribution in [-0.2, 0) is 12.6 Å². The van der Waals surface area contributed by atoms with Gasteiger partial charge in [0.2, 0.25) is 0 Å². The second-order valence-corrected chi connectivity index (χ2v) is 4.84. The molecule has 0 atom stereocenters. The summed E-state index contributed by atoms with van der Waals surface area (Å²) in [5, 5.41) is 2.79. The number of hydrogen-bond donors (Lipinski definition) is 1. The van der Waals surface area contributed by atoms with Gasteiger partial charge in [-0.2, -0.15) is 13.2 Å². The van der Waals surface area contributed by atoms with Crippen molar-refractivity contribution < 1.29 is 17.9 Å². The SMILES string of the molecule is CCOc1c(CC2CC2)cc(NC)cc1C(F)(F)F. The Morgan fingerprint density at radius 3 is 2.47 bits per heavy atom. The number of benzene rings is 1. The van der Waals surface area contributed by atoms with E-state index in [9.17, 15) is 13.2 Å². The molecule has 0 saturated heterocycles. The van der Waals surface area contributed by atoms with Gasteiger partial charge in [-0.25, -0.2) is 0 Å². The number of anilines is 1. The molecule has 1 aromatic carbocycles.